The Kier molecular flexibility index (Phi) is 7.52. The van der Waals surface area contributed by atoms with E-state index >= 15 is 0 Å². The van der Waals surface area contributed by atoms with Crippen molar-refractivity contribution >= 4 is 27.6 Å². The number of hydrogen-bond donors (Lipinski definition) is 3. The van der Waals surface area contributed by atoms with Gasteiger partial charge in [-0.25, -0.2) is 18.0 Å². The molecule has 5 fully saturated rings. The van der Waals surface area contributed by atoms with Crippen molar-refractivity contribution in [2.45, 2.75) is 107 Å². The van der Waals surface area contributed by atoms with Gasteiger partial charge in [-0.2, -0.15) is 0 Å². The SMILES string of the molecule is CC[C@H]1C[C@@H](CN2C(=O)N(C)C(=O)C23CC2(CCC(n4c(=O)c(C(=N)N)c(O)n(CC5CCC5)c4=O)CC2)C3)CCS1(=O)=O. The summed E-state index contributed by atoms with van der Waals surface area (Å²) in [4.78, 5) is 56.7. The average Bonchev–Trinajstić information content (AvgIpc) is 3.09. The number of aromatic hydroxyl groups is 1. The minimum atomic E-state index is -3.13. The van der Waals surface area contributed by atoms with E-state index < -0.39 is 49.6 Å². The number of nitrogens with one attached hydrogen (secondary N) is 1. The van der Waals surface area contributed by atoms with Gasteiger partial charge in [-0.15, -0.1) is 0 Å². The van der Waals surface area contributed by atoms with Gasteiger partial charge in [0.1, 0.15) is 16.9 Å². The number of nitrogens with zero attached hydrogens (tertiary/aromatic N) is 4. The number of imide groups is 1. The predicted molar refractivity (Wildman–Crippen MR) is 162 cm³/mol. The molecular formula is C30H44N6O7S. The van der Waals surface area contributed by atoms with E-state index in [2.05, 4.69) is 0 Å². The van der Waals surface area contributed by atoms with E-state index in [0.29, 0.717) is 64.3 Å². The number of urea groups is 1. The first-order chi connectivity index (χ1) is 20.7. The van der Waals surface area contributed by atoms with Crippen molar-refractivity contribution in [1.29, 1.82) is 5.41 Å². The van der Waals surface area contributed by atoms with Crippen LogP contribution in [0.4, 0.5) is 4.79 Å². The first-order valence-corrected chi connectivity index (χ1v) is 17.7. The maximum absolute atomic E-state index is 13.6. The molecule has 2 spiro atoms. The summed E-state index contributed by atoms with van der Waals surface area (Å²) in [6.07, 6.45) is 7.74. The summed E-state index contributed by atoms with van der Waals surface area (Å²) in [7, 11) is -1.62. The number of carbonyl (C=O) groups is 2. The fourth-order valence-corrected chi connectivity index (χ4v) is 10.9. The van der Waals surface area contributed by atoms with E-state index in [1.54, 1.807) is 4.90 Å². The van der Waals surface area contributed by atoms with Gasteiger partial charge in [-0.3, -0.25) is 29.0 Å². The Morgan fingerprint density at radius 2 is 1.68 bits per heavy atom. The zero-order valence-electron chi connectivity index (χ0n) is 25.6. The number of aromatic nitrogens is 2. The van der Waals surface area contributed by atoms with Crippen molar-refractivity contribution in [3.8, 4) is 5.88 Å². The van der Waals surface area contributed by atoms with Crippen LogP contribution in [-0.4, -0.2) is 80.4 Å². The molecule has 6 rings (SSSR count). The lowest BCUT2D eigenvalue weighted by Gasteiger charge is -2.58. The van der Waals surface area contributed by atoms with Gasteiger partial charge < -0.3 is 15.7 Å². The topological polar surface area (TPSA) is 189 Å². The van der Waals surface area contributed by atoms with Crippen molar-refractivity contribution < 1.29 is 23.1 Å². The fraction of sp³-hybridized carbons (Fsp3) is 0.767. The summed E-state index contributed by atoms with van der Waals surface area (Å²) in [6.45, 7) is 2.50. The number of hydrogen-bond acceptors (Lipinski definition) is 8. The Morgan fingerprint density at radius 3 is 2.25 bits per heavy atom. The largest absolute Gasteiger partial charge is 0.494 e. The van der Waals surface area contributed by atoms with Crippen LogP contribution in [0, 0.1) is 22.7 Å². The van der Waals surface area contributed by atoms with Crippen molar-refractivity contribution in [2.75, 3.05) is 19.3 Å². The molecule has 14 heteroatoms. The number of nitrogens with two attached hydrogens (primary N) is 1. The summed E-state index contributed by atoms with van der Waals surface area (Å²) in [5.74, 6) is -1.00. The number of likely N-dealkylation sites (N-methyl/N-ethyl adjacent to an activating group) is 1. The highest BCUT2D eigenvalue weighted by Crippen LogP contribution is 2.62. The van der Waals surface area contributed by atoms with Gasteiger partial charge >= 0.3 is 11.7 Å². The van der Waals surface area contributed by atoms with Crippen LogP contribution in [0.2, 0.25) is 0 Å². The zero-order valence-corrected chi connectivity index (χ0v) is 26.4. The molecule has 13 nitrogen and oxygen atoms in total. The lowest BCUT2D eigenvalue weighted by Crippen LogP contribution is -2.65. The molecule has 2 atom stereocenters. The molecule has 242 valence electrons. The fourth-order valence-electron chi connectivity index (χ4n) is 8.78. The molecule has 0 bridgehead atoms. The van der Waals surface area contributed by atoms with Crippen molar-refractivity contribution in [3.63, 3.8) is 0 Å². The van der Waals surface area contributed by atoms with Crippen LogP contribution in [-0.2, 0) is 21.2 Å². The van der Waals surface area contributed by atoms with Gasteiger partial charge in [0.15, 0.2) is 9.84 Å². The molecule has 0 radical (unpaired) electrons. The van der Waals surface area contributed by atoms with E-state index in [0.717, 1.165) is 19.3 Å². The molecule has 2 aliphatic heterocycles. The molecule has 3 amide bonds. The van der Waals surface area contributed by atoms with E-state index in [9.17, 15) is 32.7 Å². The molecule has 1 aromatic heterocycles. The standard InChI is InChI=1S/C30H44N6O7S/c1-3-21-13-19(9-12-44(21,42)43)15-35-27(40)33(2)26(39)30(35)16-29(17-30)10-7-20(8-11-29)36-25(38)22(23(31)32)24(37)34(28(36)41)14-18-5-4-6-18/h18-21,37H,3-17H2,1-2H3,(H3,31,32)/t19-,20?,21-,29?,30?/m0/s1. The molecule has 5 aliphatic rings. The summed E-state index contributed by atoms with van der Waals surface area (Å²) >= 11 is 0. The molecule has 0 unspecified atom stereocenters. The first-order valence-electron chi connectivity index (χ1n) is 16.0. The maximum atomic E-state index is 13.6. The second-order valence-electron chi connectivity index (χ2n) is 14.1. The Labute approximate surface area is 256 Å². The second kappa shape index (κ2) is 10.7. The second-order valence-corrected chi connectivity index (χ2v) is 16.5. The van der Waals surface area contributed by atoms with Crippen molar-refractivity contribution in [2.24, 2.45) is 23.0 Å². The minimum absolute atomic E-state index is 0.00911. The van der Waals surface area contributed by atoms with Gasteiger partial charge in [0.25, 0.3) is 11.5 Å². The van der Waals surface area contributed by atoms with Crippen molar-refractivity contribution in [3.05, 3.63) is 26.4 Å². The number of sulfone groups is 1. The molecular weight excluding hydrogens is 588 g/mol. The highest BCUT2D eigenvalue weighted by Gasteiger charge is 2.68. The summed E-state index contributed by atoms with van der Waals surface area (Å²) < 4.78 is 27.3. The quantitative estimate of drug-likeness (QED) is 0.231. The van der Waals surface area contributed by atoms with Gasteiger partial charge in [0.2, 0.25) is 5.88 Å². The first kappa shape index (κ1) is 30.8. The summed E-state index contributed by atoms with van der Waals surface area (Å²) in [6, 6.07) is -0.766. The maximum Gasteiger partial charge on any atom is 0.334 e. The molecule has 2 saturated heterocycles. The van der Waals surface area contributed by atoms with Crippen LogP contribution in [0.1, 0.15) is 95.6 Å². The van der Waals surface area contributed by atoms with Crippen LogP contribution in [0.15, 0.2) is 9.59 Å². The molecule has 0 aromatic carbocycles. The zero-order chi connectivity index (χ0) is 31.8. The molecule has 1 aromatic rings. The van der Waals surface area contributed by atoms with Gasteiger partial charge in [0.05, 0.1) is 11.0 Å². The van der Waals surface area contributed by atoms with Crippen molar-refractivity contribution in [1.82, 2.24) is 18.9 Å². The lowest BCUT2D eigenvalue weighted by atomic mass is 9.51. The molecule has 3 saturated carbocycles. The van der Waals surface area contributed by atoms with E-state index in [1.165, 1.54) is 21.1 Å². The van der Waals surface area contributed by atoms with Crippen LogP contribution >= 0.6 is 0 Å². The van der Waals surface area contributed by atoms with Gasteiger partial charge in [0, 0.05) is 26.2 Å². The molecule has 3 aliphatic carbocycles. The number of rotatable bonds is 7. The smallest absolute Gasteiger partial charge is 0.334 e. The van der Waals surface area contributed by atoms with Gasteiger partial charge in [-0.1, -0.05) is 13.3 Å². The summed E-state index contributed by atoms with van der Waals surface area (Å²) in [5.41, 5.74) is 2.85. The van der Waals surface area contributed by atoms with Crippen LogP contribution in [0.5, 0.6) is 5.88 Å². The highest BCUT2D eigenvalue weighted by molar-refractivity contribution is 7.92. The van der Waals surface area contributed by atoms with E-state index in [1.807, 2.05) is 6.92 Å². The normalized spacial score (nSPS) is 28.0. The van der Waals surface area contributed by atoms with E-state index in [4.69, 9.17) is 11.1 Å². The Hall–Kier alpha value is -3.16. The molecule has 3 heterocycles. The molecule has 4 N–H and O–H groups in total. The Morgan fingerprint density at radius 1 is 1.02 bits per heavy atom. The summed E-state index contributed by atoms with van der Waals surface area (Å²) in [5, 5.41) is 18.3. The highest BCUT2D eigenvalue weighted by atomic mass is 32.2. The third-order valence-electron chi connectivity index (χ3n) is 11.5. The lowest BCUT2D eigenvalue weighted by molar-refractivity contribution is -0.150. The average molecular weight is 633 g/mol. The van der Waals surface area contributed by atoms with Gasteiger partial charge in [-0.05, 0) is 87.9 Å². The Balaban J connectivity index is 1.20. The number of amides is 3. The predicted octanol–water partition coefficient (Wildman–Crippen LogP) is 1.93. The minimum Gasteiger partial charge on any atom is -0.494 e. The third-order valence-corrected chi connectivity index (χ3v) is 13.9. The van der Waals surface area contributed by atoms with Crippen LogP contribution in [0.25, 0.3) is 0 Å². The molecule has 44 heavy (non-hydrogen) atoms. The number of carbonyl (C=O) groups excluding carboxylic acids is 2. The Bertz CT molecular complexity index is 1610. The monoisotopic (exact) mass is 632 g/mol. The number of nitrogen functional groups attached to an aromatic ring is 1. The van der Waals surface area contributed by atoms with E-state index in [-0.39, 0.29) is 47.1 Å². The van der Waals surface area contributed by atoms with Crippen LogP contribution in [0.3, 0.4) is 0 Å². The number of amidine groups is 1. The third kappa shape index (κ3) is 4.69. The van der Waals surface area contributed by atoms with Crippen LogP contribution < -0.4 is 17.0 Å².